The van der Waals surface area contributed by atoms with Gasteiger partial charge in [-0.2, -0.15) is 0 Å². The van der Waals surface area contributed by atoms with E-state index >= 15 is 0 Å². The molecule has 6 nitrogen and oxygen atoms in total. The fourth-order valence-electron chi connectivity index (χ4n) is 1.48. The predicted octanol–water partition coefficient (Wildman–Crippen LogP) is 1.00. The molecule has 1 atom stereocenters. The van der Waals surface area contributed by atoms with Gasteiger partial charge in [-0.15, -0.1) is 12.4 Å². The number of benzene rings is 1. The van der Waals surface area contributed by atoms with Gasteiger partial charge in [-0.1, -0.05) is 0 Å². The van der Waals surface area contributed by atoms with E-state index in [4.69, 9.17) is 15.2 Å². The van der Waals surface area contributed by atoms with E-state index in [0.29, 0.717) is 5.56 Å². The third-order valence-corrected chi connectivity index (χ3v) is 2.29. The lowest BCUT2D eigenvalue weighted by atomic mass is 10.0. The van der Waals surface area contributed by atoms with Crippen LogP contribution in [0.1, 0.15) is 11.6 Å². The summed E-state index contributed by atoms with van der Waals surface area (Å²) in [6, 6.07) is 1.66. The summed E-state index contributed by atoms with van der Waals surface area (Å²) in [6.07, 6.45) is 0. The quantitative estimate of drug-likeness (QED) is 0.798. The minimum Gasteiger partial charge on any atom is -0.508 e. The Morgan fingerprint density at radius 1 is 1.22 bits per heavy atom. The second kappa shape index (κ2) is 6.93. The van der Waals surface area contributed by atoms with Crippen LogP contribution in [0.5, 0.6) is 17.2 Å². The number of methoxy groups -OCH3 is 3. The number of esters is 1. The van der Waals surface area contributed by atoms with Gasteiger partial charge in [0.25, 0.3) is 0 Å². The highest BCUT2D eigenvalue weighted by Gasteiger charge is 2.25. The van der Waals surface area contributed by atoms with Crippen LogP contribution in [-0.2, 0) is 9.53 Å². The summed E-state index contributed by atoms with van der Waals surface area (Å²) in [7, 11) is 4.05. The Morgan fingerprint density at radius 3 is 2.00 bits per heavy atom. The average Bonchev–Trinajstić information content (AvgIpc) is 2.35. The zero-order valence-electron chi connectivity index (χ0n) is 10.3. The lowest BCUT2D eigenvalue weighted by Crippen LogP contribution is -2.23. The molecule has 0 radical (unpaired) electrons. The molecule has 0 aliphatic heterocycles. The Labute approximate surface area is 111 Å². The third-order valence-electron chi connectivity index (χ3n) is 2.29. The first-order chi connectivity index (χ1) is 8.04. The van der Waals surface area contributed by atoms with Gasteiger partial charge in [0.05, 0.1) is 26.9 Å². The first-order valence-corrected chi connectivity index (χ1v) is 4.83. The molecule has 0 amide bonds. The van der Waals surface area contributed by atoms with E-state index in [9.17, 15) is 9.90 Å². The molecule has 1 aromatic rings. The molecule has 0 bridgehead atoms. The van der Waals surface area contributed by atoms with E-state index in [1.807, 2.05) is 0 Å². The van der Waals surface area contributed by atoms with Crippen LogP contribution < -0.4 is 15.2 Å². The fraction of sp³-hybridized carbons (Fsp3) is 0.364. The average molecular weight is 278 g/mol. The summed E-state index contributed by atoms with van der Waals surface area (Å²) in [5.41, 5.74) is 6.07. The topological polar surface area (TPSA) is 91.0 Å². The van der Waals surface area contributed by atoms with Crippen molar-refractivity contribution in [2.75, 3.05) is 21.3 Å². The highest BCUT2D eigenvalue weighted by atomic mass is 35.5. The third kappa shape index (κ3) is 3.18. The van der Waals surface area contributed by atoms with Crippen LogP contribution in [-0.4, -0.2) is 32.4 Å². The lowest BCUT2D eigenvalue weighted by Gasteiger charge is -2.17. The Bertz CT molecular complexity index is 399. The van der Waals surface area contributed by atoms with Crippen LogP contribution in [0.2, 0.25) is 0 Å². The maximum Gasteiger partial charge on any atom is 0.327 e. The van der Waals surface area contributed by atoms with Crippen LogP contribution in [0.3, 0.4) is 0 Å². The zero-order chi connectivity index (χ0) is 13.0. The number of rotatable bonds is 4. The summed E-state index contributed by atoms with van der Waals surface area (Å²) < 4.78 is 14.7. The van der Waals surface area contributed by atoms with Gasteiger partial charge in [0.1, 0.15) is 23.3 Å². The van der Waals surface area contributed by atoms with E-state index in [1.165, 1.54) is 33.5 Å². The molecule has 0 saturated carbocycles. The number of carbonyl (C=O) groups excluding carboxylic acids is 1. The number of hydrogen-bond donors (Lipinski definition) is 2. The Balaban J connectivity index is 0.00000289. The molecule has 7 heteroatoms. The van der Waals surface area contributed by atoms with E-state index in [0.717, 1.165) is 0 Å². The zero-order valence-corrected chi connectivity index (χ0v) is 11.1. The lowest BCUT2D eigenvalue weighted by molar-refractivity contribution is -0.142. The van der Waals surface area contributed by atoms with Crippen molar-refractivity contribution in [1.29, 1.82) is 0 Å². The summed E-state index contributed by atoms with van der Waals surface area (Å²) in [4.78, 5) is 11.4. The van der Waals surface area contributed by atoms with Gasteiger partial charge in [0, 0.05) is 12.1 Å². The number of nitrogens with two attached hydrogens (primary N) is 1. The molecule has 0 unspecified atom stereocenters. The van der Waals surface area contributed by atoms with Crippen molar-refractivity contribution in [3.05, 3.63) is 17.7 Å². The van der Waals surface area contributed by atoms with Crippen molar-refractivity contribution < 1.29 is 24.1 Å². The molecule has 0 spiro atoms. The van der Waals surface area contributed by atoms with E-state index in [1.54, 1.807) is 0 Å². The number of ether oxygens (including phenoxy) is 3. The first-order valence-electron chi connectivity index (χ1n) is 4.83. The Kier molecular flexibility index (Phi) is 6.29. The molecule has 1 rings (SSSR count). The van der Waals surface area contributed by atoms with Gasteiger partial charge < -0.3 is 25.1 Å². The van der Waals surface area contributed by atoms with Crippen LogP contribution in [0.4, 0.5) is 0 Å². The van der Waals surface area contributed by atoms with Gasteiger partial charge in [0.2, 0.25) is 0 Å². The second-order valence-electron chi connectivity index (χ2n) is 3.26. The highest BCUT2D eigenvalue weighted by Crippen LogP contribution is 2.37. The maximum absolute atomic E-state index is 11.4. The molecule has 3 N–H and O–H groups in total. The minimum absolute atomic E-state index is 0. The molecular weight excluding hydrogens is 262 g/mol. The summed E-state index contributed by atoms with van der Waals surface area (Å²) in [5.74, 6) is -0.133. The Hall–Kier alpha value is -1.66. The molecule has 102 valence electrons. The van der Waals surface area contributed by atoms with E-state index < -0.39 is 12.0 Å². The number of aromatic hydroxyl groups is 1. The van der Waals surface area contributed by atoms with Gasteiger partial charge in [-0.05, 0) is 0 Å². The van der Waals surface area contributed by atoms with Crippen molar-refractivity contribution in [2.24, 2.45) is 5.73 Å². The van der Waals surface area contributed by atoms with E-state index in [2.05, 4.69) is 4.74 Å². The molecule has 0 aliphatic rings. The van der Waals surface area contributed by atoms with Gasteiger partial charge in [-0.3, -0.25) is 0 Å². The molecule has 0 aromatic heterocycles. The van der Waals surface area contributed by atoms with Crippen molar-refractivity contribution in [3.8, 4) is 17.2 Å². The van der Waals surface area contributed by atoms with E-state index in [-0.39, 0.29) is 29.7 Å². The van der Waals surface area contributed by atoms with Gasteiger partial charge >= 0.3 is 5.97 Å². The van der Waals surface area contributed by atoms with Crippen LogP contribution in [0.15, 0.2) is 12.1 Å². The standard InChI is InChI=1S/C11H15NO5.ClH/c1-15-7-4-6(13)5-8(16-2)9(7)10(12)11(14)17-3;/h4-5,10,13H,12H2,1-3H3;1H/t10-;/m1./s1. The largest absolute Gasteiger partial charge is 0.508 e. The number of halogens is 1. The number of hydrogen-bond acceptors (Lipinski definition) is 6. The molecule has 18 heavy (non-hydrogen) atoms. The van der Waals surface area contributed by atoms with Crippen molar-refractivity contribution in [2.45, 2.75) is 6.04 Å². The van der Waals surface area contributed by atoms with Crippen LogP contribution in [0.25, 0.3) is 0 Å². The van der Waals surface area contributed by atoms with Crippen LogP contribution >= 0.6 is 12.4 Å². The van der Waals surface area contributed by atoms with Gasteiger partial charge in [-0.25, -0.2) is 4.79 Å². The predicted molar refractivity (Wildman–Crippen MR) is 67.4 cm³/mol. The molecule has 0 saturated heterocycles. The molecule has 0 heterocycles. The highest BCUT2D eigenvalue weighted by molar-refractivity contribution is 5.85. The summed E-state index contributed by atoms with van der Waals surface area (Å²) >= 11 is 0. The van der Waals surface area contributed by atoms with Crippen LogP contribution in [0, 0.1) is 0 Å². The van der Waals surface area contributed by atoms with Crippen molar-refractivity contribution in [3.63, 3.8) is 0 Å². The minimum atomic E-state index is -1.04. The number of phenolic OH excluding ortho intramolecular Hbond substituents is 1. The molecule has 0 aliphatic carbocycles. The monoisotopic (exact) mass is 277 g/mol. The molecular formula is C11H16ClNO5. The number of phenols is 1. The van der Waals surface area contributed by atoms with Crippen molar-refractivity contribution in [1.82, 2.24) is 0 Å². The maximum atomic E-state index is 11.4. The second-order valence-corrected chi connectivity index (χ2v) is 3.26. The Morgan fingerprint density at radius 2 is 1.67 bits per heavy atom. The van der Waals surface area contributed by atoms with Gasteiger partial charge in [0.15, 0.2) is 0 Å². The summed E-state index contributed by atoms with van der Waals surface area (Å²) in [6.45, 7) is 0. The van der Waals surface area contributed by atoms with Crippen molar-refractivity contribution >= 4 is 18.4 Å². The molecule has 0 fully saturated rings. The number of carbonyl (C=O) groups is 1. The SMILES string of the molecule is COC(=O)[C@H](N)c1c(OC)cc(O)cc1OC.Cl. The summed E-state index contributed by atoms with van der Waals surface area (Å²) in [5, 5.41) is 9.44. The first kappa shape index (κ1) is 16.3. The molecule has 1 aromatic carbocycles. The fourth-order valence-corrected chi connectivity index (χ4v) is 1.48. The smallest absolute Gasteiger partial charge is 0.327 e. The normalized spacial score (nSPS) is 11.1.